The monoisotopic (exact) mass is 362 g/mol. The molecule has 1 saturated heterocycles. The number of aromatic amines is 1. The molecule has 0 unspecified atom stereocenters. The zero-order chi connectivity index (χ0) is 19.0. The van der Waals surface area contributed by atoms with Crippen molar-refractivity contribution < 1.29 is 9.59 Å². The maximum atomic E-state index is 12.7. The van der Waals surface area contributed by atoms with E-state index in [4.69, 9.17) is 0 Å². The van der Waals surface area contributed by atoms with Gasteiger partial charge in [0.1, 0.15) is 5.82 Å². The maximum Gasteiger partial charge on any atom is 0.228 e. The fourth-order valence-electron chi connectivity index (χ4n) is 3.43. The molecular formula is C21H22N4O2. The van der Waals surface area contributed by atoms with E-state index in [-0.39, 0.29) is 17.6 Å². The van der Waals surface area contributed by atoms with Gasteiger partial charge in [-0.15, -0.1) is 0 Å². The first-order valence-electron chi connectivity index (χ1n) is 9.06. The molecule has 0 spiro atoms. The predicted molar refractivity (Wildman–Crippen MR) is 102 cm³/mol. The smallest absolute Gasteiger partial charge is 0.228 e. The van der Waals surface area contributed by atoms with Gasteiger partial charge < -0.3 is 14.5 Å². The standard InChI is InChI=1S/C21H22N4O2/c1-14-3-5-15(6-4-14)20(27)18-8-7-17(24(18)2)11-19(26)25-12-16(13-25)21-22-9-10-23-21/h3-10,16H,11-13H2,1-2H3,(H,22,23). The summed E-state index contributed by atoms with van der Waals surface area (Å²) in [6.45, 7) is 3.37. The van der Waals surface area contributed by atoms with E-state index in [1.807, 2.05) is 53.8 Å². The molecule has 1 fully saturated rings. The minimum atomic E-state index is -0.0296. The molecule has 0 bridgehead atoms. The van der Waals surface area contributed by atoms with E-state index in [2.05, 4.69) is 9.97 Å². The second kappa shape index (κ2) is 6.87. The van der Waals surface area contributed by atoms with Crippen molar-refractivity contribution in [3.8, 4) is 0 Å². The van der Waals surface area contributed by atoms with Crippen LogP contribution in [0.3, 0.4) is 0 Å². The largest absolute Gasteiger partial charge is 0.348 e. The molecular weight excluding hydrogens is 340 g/mol. The number of nitrogens with one attached hydrogen (secondary N) is 1. The van der Waals surface area contributed by atoms with E-state index < -0.39 is 0 Å². The van der Waals surface area contributed by atoms with Crippen LogP contribution in [0, 0.1) is 6.92 Å². The number of nitrogens with zero attached hydrogens (tertiary/aromatic N) is 3. The number of aryl methyl sites for hydroxylation is 1. The lowest BCUT2D eigenvalue weighted by Gasteiger charge is -2.38. The number of ketones is 1. The summed E-state index contributed by atoms with van der Waals surface area (Å²) in [6.07, 6.45) is 3.83. The number of benzene rings is 1. The first kappa shape index (κ1) is 17.3. The summed E-state index contributed by atoms with van der Waals surface area (Å²) in [5.74, 6) is 1.27. The molecule has 1 aromatic carbocycles. The highest BCUT2D eigenvalue weighted by Gasteiger charge is 2.33. The number of likely N-dealkylation sites (tertiary alicyclic amines) is 1. The molecule has 138 valence electrons. The summed E-state index contributed by atoms with van der Waals surface area (Å²) in [4.78, 5) is 34.5. The number of amides is 1. The SMILES string of the molecule is Cc1ccc(C(=O)c2ccc(CC(=O)N3CC(c4ncc[nH]4)C3)n2C)cc1. The van der Waals surface area contributed by atoms with Gasteiger partial charge in [0.2, 0.25) is 11.7 Å². The van der Waals surface area contributed by atoms with Gasteiger partial charge in [-0.3, -0.25) is 9.59 Å². The van der Waals surface area contributed by atoms with Crippen LogP contribution in [-0.4, -0.2) is 44.2 Å². The summed E-state index contributed by atoms with van der Waals surface area (Å²) in [5.41, 5.74) is 3.21. The van der Waals surface area contributed by atoms with Gasteiger partial charge in [0.15, 0.2) is 0 Å². The Morgan fingerprint density at radius 3 is 2.56 bits per heavy atom. The lowest BCUT2D eigenvalue weighted by atomic mass is 9.99. The average Bonchev–Trinajstić information content (AvgIpc) is 3.25. The van der Waals surface area contributed by atoms with Gasteiger partial charge in [0, 0.05) is 43.8 Å². The highest BCUT2D eigenvalue weighted by atomic mass is 16.2. The second-order valence-corrected chi connectivity index (χ2v) is 7.11. The number of carbonyl (C=O) groups is 2. The van der Waals surface area contributed by atoms with E-state index >= 15 is 0 Å². The number of H-pyrrole nitrogens is 1. The van der Waals surface area contributed by atoms with E-state index in [0.29, 0.717) is 30.8 Å². The highest BCUT2D eigenvalue weighted by molar-refractivity contribution is 6.08. The lowest BCUT2D eigenvalue weighted by molar-refractivity contribution is -0.135. The molecule has 6 nitrogen and oxygen atoms in total. The molecule has 3 aromatic rings. The Kier molecular flexibility index (Phi) is 4.39. The van der Waals surface area contributed by atoms with Crippen molar-refractivity contribution in [1.82, 2.24) is 19.4 Å². The second-order valence-electron chi connectivity index (χ2n) is 7.11. The zero-order valence-electron chi connectivity index (χ0n) is 15.5. The molecule has 1 aliphatic rings. The Morgan fingerprint density at radius 1 is 1.15 bits per heavy atom. The topological polar surface area (TPSA) is 71.0 Å². The van der Waals surface area contributed by atoms with Crippen molar-refractivity contribution >= 4 is 11.7 Å². The maximum absolute atomic E-state index is 12.7. The van der Waals surface area contributed by atoms with Crippen molar-refractivity contribution in [2.75, 3.05) is 13.1 Å². The summed E-state index contributed by atoms with van der Waals surface area (Å²) < 4.78 is 1.82. The number of imidazole rings is 1. The van der Waals surface area contributed by atoms with Crippen LogP contribution in [0.15, 0.2) is 48.8 Å². The Bertz CT molecular complexity index is 964. The minimum Gasteiger partial charge on any atom is -0.348 e. The van der Waals surface area contributed by atoms with Gasteiger partial charge in [-0.1, -0.05) is 29.8 Å². The van der Waals surface area contributed by atoms with Crippen molar-refractivity contribution in [1.29, 1.82) is 0 Å². The molecule has 27 heavy (non-hydrogen) atoms. The summed E-state index contributed by atoms with van der Waals surface area (Å²) in [5, 5.41) is 0. The first-order chi connectivity index (χ1) is 13.0. The number of hydrogen-bond donors (Lipinski definition) is 1. The van der Waals surface area contributed by atoms with E-state index in [1.165, 1.54) is 0 Å². The van der Waals surface area contributed by atoms with Crippen LogP contribution in [0.4, 0.5) is 0 Å². The van der Waals surface area contributed by atoms with Gasteiger partial charge in [0.25, 0.3) is 0 Å². The fourth-order valence-corrected chi connectivity index (χ4v) is 3.43. The predicted octanol–water partition coefficient (Wildman–Crippen LogP) is 2.46. The molecule has 1 amide bonds. The van der Waals surface area contributed by atoms with Gasteiger partial charge in [-0.2, -0.15) is 0 Å². The van der Waals surface area contributed by atoms with Gasteiger partial charge in [0.05, 0.1) is 18.0 Å². The fraction of sp³-hybridized carbons (Fsp3) is 0.286. The van der Waals surface area contributed by atoms with E-state index in [9.17, 15) is 9.59 Å². The Balaban J connectivity index is 1.41. The number of hydrogen-bond acceptors (Lipinski definition) is 3. The molecule has 0 saturated carbocycles. The van der Waals surface area contributed by atoms with Crippen LogP contribution in [0.2, 0.25) is 0 Å². The van der Waals surface area contributed by atoms with Crippen LogP contribution in [0.25, 0.3) is 0 Å². The third-order valence-corrected chi connectivity index (χ3v) is 5.24. The molecule has 0 radical (unpaired) electrons. The van der Waals surface area contributed by atoms with Crippen LogP contribution >= 0.6 is 0 Å². The third-order valence-electron chi connectivity index (χ3n) is 5.24. The lowest BCUT2D eigenvalue weighted by Crippen LogP contribution is -2.49. The highest BCUT2D eigenvalue weighted by Crippen LogP contribution is 2.25. The van der Waals surface area contributed by atoms with E-state index in [1.54, 1.807) is 18.5 Å². The Labute approximate surface area is 157 Å². The van der Waals surface area contributed by atoms with Gasteiger partial charge in [-0.05, 0) is 19.1 Å². The Hall–Kier alpha value is -3.15. The molecule has 4 rings (SSSR count). The Morgan fingerprint density at radius 2 is 1.89 bits per heavy atom. The van der Waals surface area contributed by atoms with Crippen LogP contribution in [-0.2, 0) is 18.3 Å². The normalized spacial score (nSPS) is 14.2. The summed E-state index contributed by atoms with van der Waals surface area (Å²) >= 11 is 0. The number of rotatable bonds is 5. The van der Waals surface area contributed by atoms with E-state index in [0.717, 1.165) is 17.1 Å². The number of carbonyl (C=O) groups excluding carboxylic acids is 2. The molecule has 1 aliphatic heterocycles. The zero-order valence-corrected chi connectivity index (χ0v) is 15.5. The van der Waals surface area contributed by atoms with Crippen LogP contribution in [0.5, 0.6) is 0 Å². The number of aromatic nitrogens is 3. The molecule has 1 N–H and O–H groups in total. The molecule has 2 aromatic heterocycles. The average molecular weight is 362 g/mol. The van der Waals surface area contributed by atoms with Crippen LogP contribution in [0.1, 0.15) is 39.1 Å². The quantitative estimate of drug-likeness (QED) is 0.709. The van der Waals surface area contributed by atoms with Gasteiger partial charge >= 0.3 is 0 Å². The summed E-state index contributed by atoms with van der Waals surface area (Å²) in [7, 11) is 1.84. The first-order valence-corrected chi connectivity index (χ1v) is 9.06. The van der Waals surface area contributed by atoms with Crippen LogP contribution < -0.4 is 0 Å². The molecule has 3 heterocycles. The third kappa shape index (κ3) is 3.30. The summed E-state index contributed by atoms with van der Waals surface area (Å²) in [6, 6.07) is 11.2. The van der Waals surface area contributed by atoms with Crippen molar-refractivity contribution in [3.63, 3.8) is 0 Å². The van der Waals surface area contributed by atoms with Crippen molar-refractivity contribution in [2.45, 2.75) is 19.3 Å². The van der Waals surface area contributed by atoms with Crippen molar-refractivity contribution in [3.05, 3.63) is 77.1 Å². The molecule has 0 atom stereocenters. The van der Waals surface area contributed by atoms with Gasteiger partial charge in [-0.25, -0.2) is 4.98 Å². The van der Waals surface area contributed by atoms with Crippen molar-refractivity contribution in [2.24, 2.45) is 7.05 Å². The molecule has 6 heteroatoms. The minimum absolute atomic E-state index is 0.0296. The molecule has 0 aliphatic carbocycles.